The fourth-order valence-corrected chi connectivity index (χ4v) is 4.99. The maximum Gasteiger partial charge on any atom is 0.178 e. The van der Waals surface area contributed by atoms with Gasteiger partial charge in [0, 0.05) is 28.0 Å². The third-order valence-electron chi connectivity index (χ3n) is 6.28. The van der Waals surface area contributed by atoms with Crippen molar-refractivity contribution in [3.63, 3.8) is 0 Å². The standard InChI is InChI=1S/C23H23IO7/c1-23(26,10-24)19-7-13-14(30-19)5-4-11-21(25)20-12-6-16(27-2)17(28-3)8-15(12)29-9-18(20)31-22(11)13/h4-6,8,18-20,26H,7,9-10H2,1-3H3/t18?,19-,20?,23-/m1/s1/i24-4. The highest BCUT2D eigenvalue weighted by Gasteiger charge is 2.47. The summed E-state index contributed by atoms with van der Waals surface area (Å²) >= 11 is 2.15. The van der Waals surface area contributed by atoms with Crippen LogP contribution in [-0.2, 0) is 6.42 Å². The Morgan fingerprint density at radius 3 is 2.61 bits per heavy atom. The predicted octanol–water partition coefficient (Wildman–Crippen LogP) is 3.31. The van der Waals surface area contributed by atoms with Gasteiger partial charge in [-0.25, -0.2) is 0 Å². The van der Waals surface area contributed by atoms with Gasteiger partial charge in [-0.1, -0.05) is 22.6 Å². The fourth-order valence-electron chi connectivity index (χ4n) is 4.50. The van der Waals surface area contributed by atoms with Crippen molar-refractivity contribution >= 4 is 28.4 Å². The van der Waals surface area contributed by atoms with Gasteiger partial charge >= 0.3 is 0 Å². The van der Waals surface area contributed by atoms with Gasteiger partial charge in [0.1, 0.15) is 41.7 Å². The van der Waals surface area contributed by atoms with Gasteiger partial charge in [0.15, 0.2) is 17.3 Å². The number of carbonyl (C=O) groups excluding carboxylic acids is 1. The first-order chi connectivity index (χ1) is 14.9. The summed E-state index contributed by atoms with van der Waals surface area (Å²) in [5, 5.41) is 10.7. The number of alkyl halides is 1. The molecule has 3 heterocycles. The molecule has 0 aromatic heterocycles. The van der Waals surface area contributed by atoms with Crippen LogP contribution in [0.15, 0.2) is 24.3 Å². The Bertz CT molecular complexity index is 1060. The number of fused-ring (bicyclic) bond motifs is 6. The van der Waals surface area contributed by atoms with Crippen molar-refractivity contribution in [1.29, 1.82) is 0 Å². The number of aliphatic hydroxyl groups is 1. The largest absolute Gasteiger partial charge is 0.493 e. The van der Waals surface area contributed by atoms with E-state index in [0.717, 1.165) is 11.1 Å². The minimum Gasteiger partial charge on any atom is -0.493 e. The third-order valence-corrected chi connectivity index (χ3v) is 7.83. The van der Waals surface area contributed by atoms with Crippen LogP contribution in [0.3, 0.4) is 0 Å². The average molecular weight is 534 g/mol. The minimum atomic E-state index is -0.976. The molecule has 2 aromatic rings. The number of ketones is 1. The Labute approximate surface area is 193 Å². The Morgan fingerprint density at radius 1 is 1.16 bits per heavy atom. The molecule has 4 atom stereocenters. The Morgan fingerprint density at radius 2 is 1.90 bits per heavy atom. The van der Waals surface area contributed by atoms with Gasteiger partial charge in [0.2, 0.25) is 0 Å². The number of halogens is 1. The molecule has 5 rings (SSSR count). The zero-order valence-corrected chi connectivity index (χ0v) is 19.6. The molecular weight excluding hydrogens is 511 g/mol. The van der Waals surface area contributed by atoms with Gasteiger partial charge in [-0.3, -0.25) is 4.79 Å². The number of hydrogen-bond acceptors (Lipinski definition) is 7. The summed E-state index contributed by atoms with van der Waals surface area (Å²) in [5.74, 6) is 2.37. The number of rotatable bonds is 4. The second-order valence-corrected chi connectivity index (χ2v) is 9.04. The van der Waals surface area contributed by atoms with E-state index >= 15 is 0 Å². The molecule has 8 heteroatoms. The topological polar surface area (TPSA) is 83.5 Å². The van der Waals surface area contributed by atoms with E-state index in [0.29, 0.717) is 45.2 Å². The SMILES string of the molecule is COc1cc2c(cc1OC)C1C(=O)c3ccc4c(c3OC1CO2)C[C@H]([C@](C)(O)C[123I])O4. The Hall–Kier alpha value is -2.20. The zero-order chi connectivity index (χ0) is 21.9. The summed E-state index contributed by atoms with van der Waals surface area (Å²) in [4.78, 5) is 13.6. The van der Waals surface area contributed by atoms with Crippen molar-refractivity contribution in [2.75, 3.05) is 25.3 Å². The first kappa shape index (κ1) is 20.7. The molecule has 3 aliphatic heterocycles. The second-order valence-electron chi connectivity index (χ2n) is 8.27. The molecule has 0 bridgehead atoms. The van der Waals surface area contributed by atoms with Crippen LogP contribution < -0.4 is 23.7 Å². The van der Waals surface area contributed by atoms with Crippen LogP contribution >= 0.6 is 22.6 Å². The molecule has 2 unspecified atom stereocenters. The number of hydrogen-bond donors (Lipinski definition) is 1. The summed E-state index contributed by atoms with van der Waals surface area (Å²) in [6, 6.07) is 7.10. The fraction of sp³-hybridized carbons (Fsp3) is 0.435. The first-order valence-corrected chi connectivity index (χ1v) is 11.6. The van der Waals surface area contributed by atoms with Crippen molar-refractivity contribution in [2.24, 2.45) is 0 Å². The van der Waals surface area contributed by atoms with E-state index in [4.69, 9.17) is 23.7 Å². The lowest BCUT2D eigenvalue weighted by molar-refractivity contribution is -0.0167. The van der Waals surface area contributed by atoms with Gasteiger partial charge in [-0.2, -0.15) is 0 Å². The van der Waals surface area contributed by atoms with E-state index in [1.54, 1.807) is 45.4 Å². The van der Waals surface area contributed by atoms with E-state index in [1.165, 1.54) is 0 Å². The van der Waals surface area contributed by atoms with Crippen molar-refractivity contribution in [2.45, 2.75) is 37.1 Å². The molecule has 0 amide bonds. The van der Waals surface area contributed by atoms with E-state index in [9.17, 15) is 9.90 Å². The second kappa shape index (κ2) is 7.44. The summed E-state index contributed by atoms with van der Waals surface area (Å²) in [6.45, 7) is 2.01. The van der Waals surface area contributed by atoms with Crippen LogP contribution in [-0.4, -0.2) is 54.0 Å². The van der Waals surface area contributed by atoms with Gasteiger partial charge < -0.3 is 28.8 Å². The van der Waals surface area contributed by atoms with Crippen LogP contribution in [0.25, 0.3) is 0 Å². The average Bonchev–Trinajstić information content (AvgIpc) is 3.23. The molecule has 7 nitrogen and oxygen atoms in total. The molecule has 0 spiro atoms. The van der Waals surface area contributed by atoms with E-state index in [-0.39, 0.29) is 18.5 Å². The normalized spacial score (nSPS) is 24.9. The van der Waals surface area contributed by atoms with E-state index < -0.39 is 17.6 Å². The van der Waals surface area contributed by atoms with Crippen molar-refractivity contribution in [1.82, 2.24) is 0 Å². The summed E-state index contributed by atoms with van der Waals surface area (Å²) in [6.07, 6.45) is -0.356. The summed E-state index contributed by atoms with van der Waals surface area (Å²) in [7, 11) is 3.12. The Balaban J connectivity index is 1.55. The van der Waals surface area contributed by atoms with Crippen molar-refractivity contribution in [3.8, 4) is 28.7 Å². The van der Waals surface area contributed by atoms with Crippen LogP contribution in [0.2, 0.25) is 0 Å². The maximum absolute atomic E-state index is 13.6. The molecule has 0 aliphatic carbocycles. The highest BCUT2D eigenvalue weighted by molar-refractivity contribution is 14.1. The van der Waals surface area contributed by atoms with Crippen LogP contribution in [0, 0.1) is 0 Å². The molecule has 31 heavy (non-hydrogen) atoms. The monoisotopic (exact) mass is 534 g/mol. The lowest BCUT2D eigenvalue weighted by Crippen LogP contribution is -2.44. The molecule has 0 saturated heterocycles. The lowest BCUT2D eigenvalue weighted by atomic mass is 9.81. The highest BCUT2D eigenvalue weighted by atomic mass is 123. The zero-order valence-electron chi connectivity index (χ0n) is 17.4. The van der Waals surface area contributed by atoms with Crippen LogP contribution in [0.5, 0.6) is 28.7 Å². The number of carbonyl (C=O) groups is 1. The number of ether oxygens (including phenoxy) is 5. The van der Waals surface area contributed by atoms with Gasteiger partial charge in [0.05, 0.1) is 25.7 Å². The molecule has 0 radical (unpaired) electrons. The van der Waals surface area contributed by atoms with Gasteiger partial charge in [0.25, 0.3) is 0 Å². The van der Waals surface area contributed by atoms with Gasteiger partial charge in [-0.15, -0.1) is 0 Å². The molecule has 1 N–H and O–H groups in total. The molecule has 164 valence electrons. The number of methoxy groups -OCH3 is 2. The van der Waals surface area contributed by atoms with Gasteiger partial charge in [-0.05, 0) is 25.1 Å². The predicted molar refractivity (Wildman–Crippen MR) is 121 cm³/mol. The van der Waals surface area contributed by atoms with Crippen molar-refractivity contribution < 1.29 is 33.6 Å². The molecule has 2 aromatic carbocycles. The lowest BCUT2D eigenvalue weighted by Gasteiger charge is -2.37. The molecule has 0 fully saturated rings. The molecule has 0 saturated carbocycles. The van der Waals surface area contributed by atoms with Crippen LogP contribution in [0.4, 0.5) is 0 Å². The number of benzene rings is 2. The van der Waals surface area contributed by atoms with Crippen molar-refractivity contribution in [3.05, 3.63) is 41.0 Å². The molecular formula is C23H23IO7. The first-order valence-electron chi connectivity index (χ1n) is 10.1. The molecule has 3 aliphatic rings. The minimum absolute atomic E-state index is 0.0186. The highest BCUT2D eigenvalue weighted by Crippen LogP contribution is 2.50. The van der Waals surface area contributed by atoms with E-state index in [1.807, 2.05) is 0 Å². The smallest absolute Gasteiger partial charge is 0.178 e. The van der Waals surface area contributed by atoms with Crippen LogP contribution in [0.1, 0.15) is 34.3 Å². The summed E-state index contributed by atoms with van der Waals surface area (Å²) in [5.41, 5.74) is 1.11. The third kappa shape index (κ3) is 3.14. The summed E-state index contributed by atoms with van der Waals surface area (Å²) < 4.78 is 29.6. The maximum atomic E-state index is 13.6. The number of Topliss-reactive ketones (excluding diaryl/α,β-unsaturated/α-hetero) is 1. The Kier molecular flexibility index (Phi) is 4.97. The van der Waals surface area contributed by atoms with E-state index in [2.05, 4.69) is 22.6 Å². The quantitative estimate of drug-likeness (QED) is 0.476.